The second-order valence-electron chi connectivity index (χ2n) is 5.01. The van der Waals surface area contributed by atoms with Crippen LogP contribution < -0.4 is 0 Å². The number of fused-ring (bicyclic) bond motifs is 1. The number of carbonyl (C=O) groups is 2. The molecule has 3 rings (SSSR count). The van der Waals surface area contributed by atoms with Gasteiger partial charge in [-0.05, 0) is 18.9 Å². The van der Waals surface area contributed by atoms with Crippen LogP contribution in [-0.2, 0) is 16.1 Å². The number of likely N-dealkylation sites (tertiary alicyclic amines) is 1. The molecule has 2 atom stereocenters. The Morgan fingerprint density at radius 3 is 2.21 bits per heavy atom. The molecule has 1 heterocycles. The van der Waals surface area contributed by atoms with Crippen molar-refractivity contribution in [1.29, 1.82) is 0 Å². The van der Waals surface area contributed by atoms with E-state index in [1.165, 1.54) is 11.0 Å². The first-order chi connectivity index (χ1) is 9.18. The van der Waals surface area contributed by atoms with E-state index in [1.54, 1.807) is 18.2 Å². The average Bonchev–Trinajstić information content (AvgIpc) is 2.67. The summed E-state index contributed by atoms with van der Waals surface area (Å²) in [6.45, 7) is 0.0390. The lowest BCUT2D eigenvalue weighted by atomic mass is 9.85. The number of imide groups is 1. The molecule has 0 saturated carbocycles. The summed E-state index contributed by atoms with van der Waals surface area (Å²) >= 11 is 0. The van der Waals surface area contributed by atoms with Gasteiger partial charge in [-0.2, -0.15) is 0 Å². The van der Waals surface area contributed by atoms with Crippen molar-refractivity contribution in [2.75, 3.05) is 0 Å². The number of benzene rings is 1. The van der Waals surface area contributed by atoms with Crippen LogP contribution in [0.5, 0.6) is 0 Å². The van der Waals surface area contributed by atoms with Crippen molar-refractivity contribution < 1.29 is 14.0 Å². The van der Waals surface area contributed by atoms with Crippen LogP contribution in [-0.4, -0.2) is 16.7 Å². The van der Waals surface area contributed by atoms with Gasteiger partial charge in [-0.1, -0.05) is 30.4 Å². The summed E-state index contributed by atoms with van der Waals surface area (Å²) in [6.07, 6.45) is 5.11. The normalized spacial score (nSPS) is 25.8. The average molecular weight is 259 g/mol. The number of rotatable bonds is 2. The Balaban J connectivity index is 1.85. The molecule has 2 unspecified atom stereocenters. The van der Waals surface area contributed by atoms with Crippen molar-refractivity contribution in [3.63, 3.8) is 0 Å². The van der Waals surface area contributed by atoms with Crippen LogP contribution in [0.25, 0.3) is 0 Å². The summed E-state index contributed by atoms with van der Waals surface area (Å²) in [5.41, 5.74) is 0.385. The first-order valence-electron chi connectivity index (χ1n) is 6.42. The molecule has 0 radical (unpaired) electrons. The minimum atomic E-state index is -0.379. The van der Waals surface area contributed by atoms with E-state index in [-0.39, 0.29) is 36.0 Å². The molecular weight excluding hydrogens is 245 g/mol. The first kappa shape index (κ1) is 12.1. The fraction of sp³-hybridized carbons (Fsp3) is 0.333. The number of nitrogens with zero attached hydrogens (tertiary/aromatic N) is 1. The molecule has 2 amide bonds. The molecule has 1 aliphatic heterocycles. The van der Waals surface area contributed by atoms with Gasteiger partial charge in [-0.3, -0.25) is 14.5 Å². The van der Waals surface area contributed by atoms with Crippen LogP contribution in [0, 0.1) is 17.7 Å². The van der Waals surface area contributed by atoms with Gasteiger partial charge in [0.15, 0.2) is 0 Å². The fourth-order valence-electron chi connectivity index (χ4n) is 2.82. The van der Waals surface area contributed by atoms with Crippen molar-refractivity contribution in [2.24, 2.45) is 11.8 Å². The Labute approximate surface area is 110 Å². The van der Waals surface area contributed by atoms with Crippen molar-refractivity contribution in [2.45, 2.75) is 19.4 Å². The second kappa shape index (κ2) is 4.61. The molecule has 1 saturated heterocycles. The van der Waals surface area contributed by atoms with E-state index in [2.05, 4.69) is 0 Å². The van der Waals surface area contributed by atoms with Crippen LogP contribution in [0.2, 0.25) is 0 Å². The summed E-state index contributed by atoms with van der Waals surface area (Å²) in [5, 5.41) is 0. The Bertz CT molecular complexity index is 541. The molecule has 98 valence electrons. The predicted octanol–water partition coefficient (Wildman–Crippen LogP) is 2.28. The van der Waals surface area contributed by atoms with Crippen molar-refractivity contribution in [3.05, 3.63) is 47.8 Å². The quantitative estimate of drug-likeness (QED) is 0.603. The van der Waals surface area contributed by atoms with Crippen LogP contribution in [0.4, 0.5) is 4.39 Å². The molecule has 2 aliphatic rings. The SMILES string of the molecule is O=C1C2CC=CCC2C(=O)N1Cc1ccccc1F. The largest absolute Gasteiger partial charge is 0.277 e. The number of amides is 2. The standard InChI is InChI=1S/C15H14FNO2/c16-13-8-4-1-5-10(13)9-17-14(18)11-6-2-3-7-12(11)15(17)19/h1-5,8,11-12H,6-7,9H2. The first-order valence-corrected chi connectivity index (χ1v) is 6.42. The van der Waals surface area contributed by atoms with E-state index in [0.29, 0.717) is 18.4 Å². The molecule has 0 bridgehead atoms. The Morgan fingerprint density at radius 1 is 1.05 bits per heavy atom. The van der Waals surface area contributed by atoms with Crippen LogP contribution in [0.1, 0.15) is 18.4 Å². The molecule has 0 aromatic heterocycles. The highest BCUT2D eigenvalue weighted by molar-refractivity contribution is 6.05. The number of allylic oxidation sites excluding steroid dienone is 2. The molecule has 1 fully saturated rings. The maximum absolute atomic E-state index is 13.6. The zero-order chi connectivity index (χ0) is 13.4. The van der Waals surface area contributed by atoms with Gasteiger partial charge in [0, 0.05) is 5.56 Å². The van der Waals surface area contributed by atoms with Crippen molar-refractivity contribution in [3.8, 4) is 0 Å². The second-order valence-corrected chi connectivity index (χ2v) is 5.01. The topological polar surface area (TPSA) is 37.4 Å². The third-order valence-electron chi connectivity index (χ3n) is 3.89. The Kier molecular flexibility index (Phi) is 2.93. The summed E-state index contributed by atoms with van der Waals surface area (Å²) in [6, 6.07) is 6.25. The Hall–Kier alpha value is -1.97. The molecule has 0 spiro atoms. The van der Waals surface area contributed by atoms with Gasteiger partial charge >= 0.3 is 0 Å². The molecule has 19 heavy (non-hydrogen) atoms. The molecule has 4 heteroatoms. The van der Waals surface area contributed by atoms with Gasteiger partial charge in [0.1, 0.15) is 5.82 Å². The number of carbonyl (C=O) groups excluding carboxylic acids is 2. The lowest BCUT2D eigenvalue weighted by molar-refractivity contribution is -0.140. The molecule has 0 N–H and O–H groups in total. The van der Waals surface area contributed by atoms with E-state index in [4.69, 9.17) is 0 Å². The highest BCUT2D eigenvalue weighted by Crippen LogP contribution is 2.35. The lowest BCUT2D eigenvalue weighted by Gasteiger charge is -2.15. The van der Waals surface area contributed by atoms with Crippen LogP contribution in [0.15, 0.2) is 36.4 Å². The van der Waals surface area contributed by atoms with Crippen LogP contribution >= 0.6 is 0 Å². The zero-order valence-corrected chi connectivity index (χ0v) is 10.4. The van der Waals surface area contributed by atoms with E-state index >= 15 is 0 Å². The molecule has 1 aromatic carbocycles. The van der Waals surface area contributed by atoms with Gasteiger partial charge in [0.05, 0.1) is 18.4 Å². The minimum Gasteiger partial charge on any atom is -0.277 e. The zero-order valence-electron chi connectivity index (χ0n) is 10.4. The van der Waals surface area contributed by atoms with E-state index in [0.717, 1.165) is 0 Å². The van der Waals surface area contributed by atoms with E-state index in [9.17, 15) is 14.0 Å². The maximum atomic E-state index is 13.6. The number of hydrogen-bond donors (Lipinski definition) is 0. The monoisotopic (exact) mass is 259 g/mol. The van der Waals surface area contributed by atoms with Crippen molar-refractivity contribution in [1.82, 2.24) is 4.90 Å². The molecule has 1 aliphatic carbocycles. The number of hydrogen-bond acceptors (Lipinski definition) is 2. The van der Waals surface area contributed by atoms with Gasteiger partial charge in [-0.15, -0.1) is 0 Å². The van der Waals surface area contributed by atoms with Gasteiger partial charge in [0.2, 0.25) is 11.8 Å². The third-order valence-corrected chi connectivity index (χ3v) is 3.89. The van der Waals surface area contributed by atoms with E-state index < -0.39 is 0 Å². The summed E-state index contributed by atoms with van der Waals surface area (Å²) in [4.78, 5) is 25.6. The highest BCUT2D eigenvalue weighted by Gasteiger charge is 2.47. The van der Waals surface area contributed by atoms with E-state index in [1.807, 2.05) is 12.2 Å². The molecule has 3 nitrogen and oxygen atoms in total. The lowest BCUT2D eigenvalue weighted by Crippen LogP contribution is -2.30. The van der Waals surface area contributed by atoms with Gasteiger partial charge < -0.3 is 0 Å². The van der Waals surface area contributed by atoms with Crippen LogP contribution in [0.3, 0.4) is 0 Å². The Morgan fingerprint density at radius 2 is 1.63 bits per heavy atom. The minimum absolute atomic E-state index is 0.0390. The smallest absolute Gasteiger partial charge is 0.233 e. The fourth-order valence-corrected chi connectivity index (χ4v) is 2.82. The van der Waals surface area contributed by atoms with Gasteiger partial charge in [-0.25, -0.2) is 4.39 Å². The summed E-state index contributed by atoms with van der Waals surface area (Å²) < 4.78 is 13.6. The molecular formula is C15H14FNO2. The number of halogens is 1. The maximum Gasteiger partial charge on any atom is 0.233 e. The third kappa shape index (κ3) is 1.97. The van der Waals surface area contributed by atoms with Gasteiger partial charge in [0.25, 0.3) is 0 Å². The summed E-state index contributed by atoms with van der Waals surface area (Å²) in [5.74, 6) is -1.20. The predicted molar refractivity (Wildman–Crippen MR) is 67.3 cm³/mol. The highest BCUT2D eigenvalue weighted by atomic mass is 19.1. The summed E-state index contributed by atoms with van der Waals surface area (Å²) in [7, 11) is 0. The molecule has 1 aromatic rings. The van der Waals surface area contributed by atoms with Crippen molar-refractivity contribution >= 4 is 11.8 Å².